The molecule has 0 bridgehead atoms. The summed E-state index contributed by atoms with van der Waals surface area (Å²) in [7, 11) is 0. The minimum atomic E-state index is -0.536. The molecule has 0 aliphatic heterocycles. The lowest BCUT2D eigenvalue weighted by molar-refractivity contribution is -0.111. The molecule has 0 unspecified atom stereocenters. The summed E-state index contributed by atoms with van der Waals surface area (Å²) < 4.78 is 0. The third-order valence-corrected chi connectivity index (χ3v) is 2.80. The molecule has 0 saturated heterocycles. The summed E-state index contributed by atoms with van der Waals surface area (Å²) >= 11 is 5.91. The minimum absolute atomic E-state index is 0.321. The van der Waals surface area contributed by atoms with Gasteiger partial charge in [-0.3, -0.25) is 4.79 Å². The van der Waals surface area contributed by atoms with Crippen molar-refractivity contribution in [2.75, 3.05) is 0 Å². The highest BCUT2D eigenvalue weighted by Gasteiger charge is 2.26. The van der Waals surface area contributed by atoms with E-state index in [1.54, 1.807) is 24.3 Å². The number of hydrogen-bond donors (Lipinski definition) is 1. The van der Waals surface area contributed by atoms with Crippen molar-refractivity contribution < 1.29 is 9.59 Å². The average molecular weight is 254 g/mol. The van der Waals surface area contributed by atoms with Crippen LogP contribution in [0.1, 0.15) is 31.1 Å². The third-order valence-electron chi connectivity index (χ3n) is 2.47. The number of carbonyl (C=O) groups is 2. The molecule has 1 aromatic rings. The van der Waals surface area contributed by atoms with Gasteiger partial charge in [0.15, 0.2) is 0 Å². The molecule has 0 aromatic heterocycles. The normalized spacial score (nSPS) is 12.9. The van der Waals surface area contributed by atoms with Crippen LogP contribution in [0.5, 0.6) is 0 Å². The highest BCUT2D eigenvalue weighted by molar-refractivity contribution is 6.33. The molecule has 0 fully saturated rings. The minimum Gasteiger partial charge on any atom is -0.342 e. The molecular weight excluding hydrogens is 238 g/mol. The number of nitrogens with one attached hydrogen (secondary N) is 1. The smallest absolute Gasteiger partial charge is 0.253 e. The number of halogens is 1. The fourth-order valence-electron chi connectivity index (χ4n) is 1.32. The quantitative estimate of drug-likeness (QED) is 0.842. The van der Waals surface area contributed by atoms with Crippen LogP contribution >= 0.6 is 11.6 Å². The number of rotatable bonds is 3. The lowest BCUT2D eigenvalue weighted by atomic mass is 9.87. The number of amides is 1. The number of carbonyl (C=O) groups excluding carboxylic acids is 2. The van der Waals surface area contributed by atoms with E-state index in [2.05, 4.69) is 5.32 Å². The van der Waals surface area contributed by atoms with Gasteiger partial charge in [0.25, 0.3) is 5.91 Å². The van der Waals surface area contributed by atoms with Crippen molar-refractivity contribution in [2.24, 2.45) is 5.41 Å². The predicted molar refractivity (Wildman–Crippen MR) is 68.2 cm³/mol. The second-order valence-corrected chi connectivity index (χ2v) is 5.34. The summed E-state index contributed by atoms with van der Waals surface area (Å²) in [6, 6.07) is 6.21. The average Bonchev–Trinajstić information content (AvgIpc) is 2.24. The molecule has 0 spiro atoms. The van der Waals surface area contributed by atoms with Crippen LogP contribution in [-0.2, 0) is 4.79 Å². The van der Waals surface area contributed by atoms with E-state index < -0.39 is 6.04 Å². The highest BCUT2D eigenvalue weighted by Crippen LogP contribution is 2.19. The first-order valence-electron chi connectivity index (χ1n) is 5.37. The molecule has 4 heteroatoms. The maximum absolute atomic E-state index is 11.9. The Morgan fingerprint density at radius 1 is 1.35 bits per heavy atom. The van der Waals surface area contributed by atoms with Gasteiger partial charge in [0, 0.05) is 0 Å². The van der Waals surface area contributed by atoms with Crippen LogP contribution in [0, 0.1) is 5.41 Å². The van der Waals surface area contributed by atoms with Crippen molar-refractivity contribution in [1.29, 1.82) is 0 Å². The molecule has 92 valence electrons. The molecule has 1 amide bonds. The summed E-state index contributed by atoms with van der Waals surface area (Å²) in [5.74, 6) is -0.331. The molecule has 1 N–H and O–H groups in total. The predicted octanol–water partition coefficient (Wildman–Crippen LogP) is 2.68. The first-order valence-corrected chi connectivity index (χ1v) is 5.74. The SMILES string of the molecule is CC(C)(C)[C@@H](C=O)NC(=O)c1ccccc1Cl. The topological polar surface area (TPSA) is 46.2 Å². The summed E-state index contributed by atoms with van der Waals surface area (Å²) in [6.45, 7) is 5.66. The fraction of sp³-hybridized carbons (Fsp3) is 0.385. The van der Waals surface area contributed by atoms with E-state index in [1.165, 1.54) is 0 Å². The maximum atomic E-state index is 11.9. The lowest BCUT2D eigenvalue weighted by Gasteiger charge is -2.26. The fourth-order valence-corrected chi connectivity index (χ4v) is 1.54. The first kappa shape index (κ1) is 13.7. The van der Waals surface area contributed by atoms with Crippen LogP contribution in [0.2, 0.25) is 5.02 Å². The largest absolute Gasteiger partial charge is 0.342 e. The Morgan fingerprint density at radius 3 is 2.41 bits per heavy atom. The van der Waals surface area contributed by atoms with Gasteiger partial charge < -0.3 is 10.1 Å². The van der Waals surface area contributed by atoms with Crippen molar-refractivity contribution in [2.45, 2.75) is 26.8 Å². The molecule has 3 nitrogen and oxygen atoms in total. The molecule has 0 aliphatic carbocycles. The summed E-state index contributed by atoms with van der Waals surface area (Å²) in [5.41, 5.74) is 0.0591. The van der Waals surface area contributed by atoms with E-state index in [0.717, 1.165) is 6.29 Å². The monoisotopic (exact) mass is 253 g/mol. The van der Waals surface area contributed by atoms with Crippen LogP contribution in [0.4, 0.5) is 0 Å². The Kier molecular flexibility index (Phi) is 4.29. The van der Waals surface area contributed by atoms with Crippen LogP contribution in [-0.4, -0.2) is 18.2 Å². The Balaban J connectivity index is 2.86. The molecule has 17 heavy (non-hydrogen) atoms. The second-order valence-electron chi connectivity index (χ2n) is 4.93. The molecule has 0 heterocycles. The van der Waals surface area contributed by atoms with E-state index in [9.17, 15) is 9.59 Å². The van der Waals surface area contributed by atoms with Crippen molar-refractivity contribution in [1.82, 2.24) is 5.32 Å². The number of hydrogen-bond acceptors (Lipinski definition) is 2. The van der Waals surface area contributed by atoms with Gasteiger partial charge in [-0.25, -0.2) is 0 Å². The Morgan fingerprint density at radius 2 is 1.94 bits per heavy atom. The van der Waals surface area contributed by atoms with Gasteiger partial charge in [-0.1, -0.05) is 44.5 Å². The van der Waals surface area contributed by atoms with Gasteiger partial charge in [0.2, 0.25) is 0 Å². The maximum Gasteiger partial charge on any atom is 0.253 e. The van der Waals surface area contributed by atoms with E-state index in [0.29, 0.717) is 10.6 Å². The van der Waals surface area contributed by atoms with E-state index in [4.69, 9.17) is 11.6 Å². The lowest BCUT2D eigenvalue weighted by Crippen LogP contribution is -2.44. The van der Waals surface area contributed by atoms with Crippen molar-refractivity contribution in [3.63, 3.8) is 0 Å². The summed E-state index contributed by atoms with van der Waals surface area (Å²) in [4.78, 5) is 22.9. The molecule has 0 saturated carbocycles. The Hall–Kier alpha value is -1.35. The van der Waals surface area contributed by atoms with E-state index >= 15 is 0 Å². The molecular formula is C13H16ClNO2. The van der Waals surface area contributed by atoms with Crippen molar-refractivity contribution >= 4 is 23.8 Å². The van der Waals surface area contributed by atoms with Crippen molar-refractivity contribution in [3.8, 4) is 0 Å². The van der Waals surface area contributed by atoms with Gasteiger partial charge in [-0.15, -0.1) is 0 Å². The summed E-state index contributed by atoms with van der Waals surface area (Å²) in [6.07, 6.45) is 0.745. The van der Waals surface area contributed by atoms with Gasteiger partial charge in [0.1, 0.15) is 6.29 Å². The third kappa shape index (κ3) is 3.56. The Labute approximate surface area is 106 Å². The zero-order valence-corrected chi connectivity index (χ0v) is 10.9. The van der Waals surface area contributed by atoms with Crippen LogP contribution in [0.3, 0.4) is 0 Å². The molecule has 1 aromatic carbocycles. The van der Waals surface area contributed by atoms with E-state index in [1.807, 2.05) is 20.8 Å². The number of benzene rings is 1. The molecule has 0 radical (unpaired) electrons. The standard InChI is InChI=1S/C13H16ClNO2/c1-13(2,3)11(8-16)15-12(17)9-6-4-5-7-10(9)14/h4-8,11H,1-3H3,(H,15,17)/t11-/m1/s1. The molecule has 0 aliphatic rings. The molecule has 1 rings (SSSR count). The van der Waals surface area contributed by atoms with Crippen LogP contribution in [0.25, 0.3) is 0 Å². The van der Waals surface area contributed by atoms with Crippen LogP contribution < -0.4 is 5.32 Å². The Bertz CT molecular complexity index is 424. The van der Waals surface area contributed by atoms with Gasteiger partial charge in [-0.05, 0) is 17.5 Å². The van der Waals surface area contributed by atoms with Crippen molar-refractivity contribution in [3.05, 3.63) is 34.9 Å². The first-order chi connectivity index (χ1) is 7.86. The van der Waals surface area contributed by atoms with Crippen LogP contribution in [0.15, 0.2) is 24.3 Å². The zero-order chi connectivity index (χ0) is 13.1. The van der Waals surface area contributed by atoms with Gasteiger partial charge in [0.05, 0.1) is 16.6 Å². The zero-order valence-electron chi connectivity index (χ0n) is 10.2. The molecule has 1 atom stereocenters. The van der Waals surface area contributed by atoms with Gasteiger partial charge in [-0.2, -0.15) is 0 Å². The second kappa shape index (κ2) is 5.32. The van der Waals surface area contributed by atoms with Gasteiger partial charge >= 0.3 is 0 Å². The summed E-state index contributed by atoms with van der Waals surface area (Å²) in [5, 5.41) is 3.05. The number of aldehydes is 1. The van der Waals surface area contributed by atoms with E-state index in [-0.39, 0.29) is 11.3 Å². The highest BCUT2D eigenvalue weighted by atomic mass is 35.5.